The molecule has 0 saturated heterocycles. The van der Waals surface area contributed by atoms with Gasteiger partial charge in [-0.3, -0.25) is 0 Å². The summed E-state index contributed by atoms with van der Waals surface area (Å²) in [4.78, 5) is 0. The van der Waals surface area contributed by atoms with Gasteiger partial charge in [0, 0.05) is 6.61 Å². The summed E-state index contributed by atoms with van der Waals surface area (Å²) in [5, 5.41) is 8.67. The first-order chi connectivity index (χ1) is 8.40. The first kappa shape index (κ1) is 12.4. The molecule has 2 nitrogen and oxygen atoms in total. The van der Waals surface area contributed by atoms with Gasteiger partial charge in [0.1, 0.15) is 5.75 Å². The van der Waals surface area contributed by atoms with Gasteiger partial charge >= 0.3 is 0 Å². The maximum atomic E-state index is 8.67. The average molecular weight is 234 g/mol. The third-order valence-corrected chi connectivity index (χ3v) is 3.39. The van der Waals surface area contributed by atoms with Crippen LogP contribution in [0.3, 0.4) is 0 Å². The molecule has 1 N–H and O–H groups in total. The number of aliphatic hydroxyl groups is 1. The fourth-order valence-electron chi connectivity index (χ4n) is 2.38. The molecule has 0 amide bonds. The van der Waals surface area contributed by atoms with Crippen molar-refractivity contribution in [1.29, 1.82) is 0 Å². The number of unbranched alkanes of at least 4 members (excludes halogenated alkanes) is 2. The summed E-state index contributed by atoms with van der Waals surface area (Å²) in [5.41, 5.74) is 2.98. The molecule has 0 radical (unpaired) electrons. The molecule has 0 fully saturated rings. The first-order valence-corrected chi connectivity index (χ1v) is 6.75. The molecule has 2 rings (SSSR count). The van der Waals surface area contributed by atoms with Crippen LogP contribution in [0.4, 0.5) is 0 Å². The smallest absolute Gasteiger partial charge is 0.119 e. The highest BCUT2D eigenvalue weighted by atomic mass is 16.5. The van der Waals surface area contributed by atoms with Gasteiger partial charge in [0.25, 0.3) is 0 Å². The van der Waals surface area contributed by atoms with Crippen molar-refractivity contribution in [3.63, 3.8) is 0 Å². The van der Waals surface area contributed by atoms with Crippen molar-refractivity contribution < 1.29 is 9.84 Å². The Bertz CT molecular complexity index is 347. The molecule has 0 aromatic heterocycles. The lowest BCUT2D eigenvalue weighted by Crippen LogP contribution is -2.04. The molecular weight excluding hydrogens is 212 g/mol. The maximum Gasteiger partial charge on any atom is 0.119 e. The van der Waals surface area contributed by atoms with E-state index < -0.39 is 0 Å². The standard InChI is InChI=1S/C15H22O2/c16-10-4-1-5-11-17-15-9-8-13-6-2-3-7-14(13)12-15/h8-9,12,16H,1-7,10-11H2. The van der Waals surface area contributed by atoms with E-state index in [2.05, 4.69) is 18.2 Å². The second-order valence-electron chi connectivity index (χ2n) is 4.77. The summed E-state index contributed by atoms with van der Waals surface area (Å²) in [6, 6.07) is 6.52. The number of hydrogen-bond acceptors (Lipinski definition) is 2. The topological polar surface area (TPSA) is 29.5 Å². The lowest BCUT2D eigenvalue weighted by molar-refractivity contribution is 0.266. The Hall–Kier alpha value is -1.02. The van der Waals surface area contributed by atoms with Crippen LogP contribution in [0.1, 0.15) is 43.2 Å². The van der Waals surface area contributed by atoms with E-state index in [1.54, 1.807) is 0 Å². The minimum atomic E-state index is 0.291. The lowest BCUT2D eigenvalue weighted by atomic mass is 9.92. The van der Waals surface area contributed by atoms with Gasteiger partial charge in [-0.15, -0.1) is 0 Å². The third kappa shape index (κ3) is 3.74. The Labute approximate surface area is 104 Å². The third-order valence-electron chi connectivity index (χ3n) is 3.39. The molecule has 0 bridgehead atoms. The number of rotatable bonds is 6. The molecule has 17 heavy (non-hydrogen) atoms. The number of hydrogen-bond donors (Lipinski definition) is 1. The molecule has 1 aliphatic carbocycles. The number of benzene rings is 1. The lowest BCUT2D eigenvalue weighted by Gasteiger charge is -2.16. The highest BCUT2D eigenvalue weighted by Gasteiger charge is 2.09. The molecule has 1 aromatic rings. The largest absolute Gasteiger partial charge is 0.494 e. The predicted molar refractivity (Wildman–Crippen MR) is 69.5 cm³/mol. The van der Waals surface area contributed by atoms with Crippen molar-refractivity contribution in [3.05, 3.63) is 29.3 Å². The van der Waals surface area contributed by atoms with Gasteiger partial charge in [-0.1, -0.05) is 6.07 Å². The summed E-state index contributed by atoms with van der Waals surface area (Å²) in [5.74, 6) is 1.01. The molecule has 94 valence electrons. The van der Waals surface area contributed by atoms with Crippen LogP contribution in [0.5, 0.6) is 5.75 Å². The van der Waals surface area contributed by atoms with E-state index in [1.165, 1.54) is 36.8 Å². The Morgan fingerprint density at radius 2 is 1.82 bits per heavy atom. The Balaban J connectivity index is 1.81. The van der Waals surface area contributed by atoms with Gasteiger partial charge in [-0.05, 0) is 68.2 Å². The van der Waals surface area contributed by atoms with Gasteiger partial charge in [0.2, 0.25) is 0 Å². The molecule has 0 heterocycles. The zero-order valence-corrected chi connectivity index (χ0v) is 10.5. The van der Waals surface area contributed by atoms with Gasteiger partial charge < -0.3 is 9.84 Å². The molecular formula is C15H22O2. The van der Waals surface area contributed by atoms with Crippen molar-refractivity contribution in [2.75, 3.05) is 13.2 Å². The van der Waals surface area contributed by atoms with Crippen LogP contribution in [0.15, 0.2) is 18.2 Å². The van der Waals surface area contributed by atoms with Crippen LogP contribution in [-0.4, -0.2) is 18.3 Å². The minimum Gasteiger partial charge on any atom is -0.494 e. The van der Waals surface area contributed by atoms with Gasteiger partial charge in [-0.2, -0.15) is 0 Å². The van der Waals surface area contributed by atoms with Crippen molar-refractivity contribution in [2.45, 2.75) is 44.9 Å². The number of ether oxygens (including phenoxy) is 1. The molecule has 0 saturated carbocycles. The fraction of sp³-hybridized carbons (Fsp3) is 0.600. The minimum absolute atomic E-state index is 0.291. The van der Waals surface area contributed by atoms with Crippen LogP contribution in [0.2, 0.25) is 0 Å². The molecule has 2 heteroatoms. The zero-order valence-electron chi connectivity index (χ0n) is 10.5. The molecule has 0 spiro atoms. The van der Waals surface area contributed by atoms with Crippen molar-refractivity contribution in [3.8, 4) is 5.75 Å². The maximum absolute atomic E-state index is 8.67. The van der Waals surface area contributed by atoms with Gasteiger partial charge in [-0.25, -0.2) is 0 Å². The number of aryl methyl sites for hydroxylation is 2. The van der Waals surface area contributed by atoms with E-state index >= 15 is 0 Å². The summed E-state index contributed by atoms with van der Waals surface area (Å²) in [6.07, 6.45) is 8.02. The quantitative estimate of drug-likeness (QED) is 0.766. The summed E-state index contributed by atoms with van der Waals surface area (Å²) in [6.45, 7) is 1.05. The second-order valence-corrected chi connectivity index (χ2v) is 4.77. The highest BCUT2D eigenvalue weighted by molar-refractivity contribution is 5.37. The molecule has 1 aromatic carbocycles. The van der Waals surface area contributed by atoms with Crippen LogP contribution in [0, 0.1) is 0 Å². The van der Waals surface area contributed by atoms with Crippen molar-refractivity contribution >= 4 is 0 Å². The predicted octanol–water partition coefficient (Wildman–Crippen LogP) is 3.11. The molecule has 0 aliphatic heterocycles. The average Bonchev–Trinajstić information content (AvgIpc) is 2.38. The Kier molecular flexibility index (Phi) is 4.87. The van der Waals surface area contributed by atoms with E-state index in [-0.39, 0.29) is 0 Å². The van der Waals surface area contributed by atoms with Crippen molar-refractivity contribution in [2.24, 2.45) is 0 Å². The summed E-state index contributed by atoms with van der Waals surface area (Å²) >= 11 is 0. The molecule has 1 aliphatic rings. The van der Waals surface area contributed by atoms with Crippen LogP contribution in [-0.2, 0) is 12.8 Å². The van der Waals surface area contributed by atoms with Crippen LogP contribution < -0.4 is 4.74 Å². The highest BCUT2D eigenvalue weighted by Crippen LogP contribution is 2.25. The van der Waals surface area contributed by atoms with E-state index in [9.17, 15) is 0 Å². The Morgan fingerprint density at radius 1 is 1.00 bits per heavy atom. The number of aliphatic hydroxyl groups excluding tert-OH is 1. The monoisotopic (exact) mass is 234 g/mol. The SMILES string of the molecule is OCCCCCOc1ccc2c(c1)CCCC2. The van der Waals surface area contributed by atoms with Crippen LogP contribution >= 0.6 is 0 Å². The van der Waals surface area contributed by atoms with Gasteiger partial charge in [0.15, 0.2) is 0 Å². The van der Waals surface area contributed by atoms with E-state index in [1.807, 2.05) is 0 Å². The van der Waals surface area contributed by atoms with Crippen LogP contribution in [0.25, 0.3) is 0 Å². The van der Waals surface area contributed by atoms with Crippen molar-refractivity contribution in [1.82, 2.24) is 0 Å². The van der Waals surface area contributed by atoms with E-state index in [0.29, 0.717) is 6.61 Å². The van der Waals surface area contributed by atoms with E-state index in [4.69, 9.17) is 9.84 Å². The molecule has 0 atom stereocenters. The zero-order chi connectivity index (χ0) is 11.9. The number of fused-ring (bicyclic) bond motifs is 1. The molecule has 0 unspecified atom stereocenters. The normalized spacial score (nSPS) is 14.4. The van der Waals surface area contributed by atoms with Gasteiger partial charge in [0.05, 0.1) is 6.61 Å². The second kappa shape index (κ2) is 6.65. The fourth-order valence-corrected chi connectivity index (χ4v) is 2.38. The summed E-state index contributed by atoms with van der Waals surface area (Å²) in [7, 11) is 0. The Morgan fingerprint density at radius 3 is 2.65 bits per heavy atom. The summed E-state index contributed by atoms with van der Waals surface area (Å²) < 4.78 is 5.74. The van der Waals surface area contributed by atoms with E-state index in [0.717, 1.165) is 31.6 Å². The first-order valence-electron chi connectivity index (χ1n) is 6.75.